The lowest BCUT2D eigenvalue weighted by Crippen LogP contribution is -2.46. The zero-order chi connectivity index (χ0) is 23.6. The molecule has 0 saturated carbocycles. The Morgan fingerprint density at radius 2 is 2.12 bits per heavy atom. The third kappa shape index (κ3) is 5.22. The van der Waals surface area contributed by atoms with Gasteiger partial charge in [0.05, 0.1) is 25.0 Å². The van der Waals surface area contributed by atoms with Crippen molar-refractivity contribution in [2.24, 2.45) is 5.73 Å². The largest absolute Gasteiger partial charge is 0.494 e. The van der Waals surface area contributed by atoms with Gasteiger partial charge in [0.1, 0.15) is 29.5 Å². The van der Waals surface area contributed by atoms with E-state index >= 15 is 0 Å². The van der Waals surface area contributed by atoms with Gasteiger partial charge in [0.15, 0.2) is 0 Å². The van der Waals surface area contributed by atoms with Crippen LogP contribution in [0.25, 0.3) is 11.0 Å². The summed E-state index contributed by atoms with van der Waals surface area (Å²) in [7, 11) is 1.57. The highest BCUT2D eigenvalue weighted by molar-refractivity contribution is 5.97. The van der Waals surface area contributed by atoms with E-state index < -0.39 is 11.7 Å². The molecule has 0 aliphatic carbocycles. The molecule has 1 atom stereocenters. The molecule has 4 rings (SSSR count). The number of imidazole rings is 1. The van der Waals surface area contributed by atoms with Gasteiger partial charge in [-0.05, 0) is 31.9 Å². The molecule has 0 bridgehead atoms. The molecule has 0 radical (unpaired) electrons. The predicted molar refractivity (Wildman–Crippen MR) is 121 cm³/mol. The molecule has 2 aromatic rings. The van der Waals surface area contributed by atoms with Crippen molar-refractivity contribution in [2.45, 2.75) is 31.5 Å². The number of aromatic nitrogens is 2. The molecule has 2 fully saturated rings. The van der Waals surface area contributed by atoms with E-state index in [1.807, 2.05) is 12.1 Å². The van der Waals surface area contributed by atoms with Crippen molar-refractivity contribution in [3.63, 3.8) is 0 Å². The maximum absolute atomic E-state index is 12.7. The number of hydrogen-bond donors (Lipinski definition) is 4. The molecule has 12 nitrogen and oxygen atoms in total. The van der Waals surface area contributed by atoms with Crippen LogP contribution in [0.4, 0.5) is 21.2 Å². The highest BCUT2D eigenvalue weighted by Gasteiger charge is 2.30. The normalized spacial score (nSPS) is 20.5. The number of likely N-dealkylation sites (tertiary alicyclic amines) is 1. The predicted octanol–water partition coefficient (Wildman–Crippen LogP) is 1.25. The van der Waals surface area contributed by atoms with Crippen LogP contribution < -0.4 is 20.7 Å². The fourth-order valence-electron chi connectivity index (χ4n) is 4.12. The zero-order valence-corrected chi connectivity index (χ0v) is 18.8. The average molecular weight is 463 g/mol. The fourth-order valence-corrected chi connectivity index (χ4v) is 4.12. The Labute approximate surface area is 191 Å². The van der Waals surface area contributed by atoms with Crippen molar-refractivity contribution in [3.05, 3.63) is 12.1 Å². The number of H-pyrrole nitrogens is 1. The Kier molecular flexibility index (Phi) is 6.47. The number of methoxy groups -OCH3 is 1. The number of morpholine rings is 1. The first-order chi connectivity index (χ1) is 15.8. The molecule has 2 saturated heterocycles. The van der Waals surface area contributed by atoms with E-state index in [2.05, 4.69) is 20.2 Å². The van der Waals surface area contributed by atoms with Gasteiger partial charge in [-0.2, -0.15) is 0 Å². The van der Waals surface area contributed by atoms with E-state index in [0.29, 0.717) is 68.4 Å². The molecule has 1 unspecified atom stereocenters. The molecule has 1 aromatic heterocycles. The number of anilines is 2. The van der Waals surface area contributed by atoms with Gasteiger partial charge in [-0.3, -0.25) is 5.32 Å². The molecule has 3 amide bonds. The number of fused-ring (bicyclic) bond motifs is 1. The minimum absolute atomic E-state index is 0.0652. The van der Waals surface area contributed by atoms with Crippen LogP contribution in [0, 0.1) is 0 Å². The molecule has 5 N–H and O–H groups in total. The standard InChI is InChI=1S/C21H30N6O6/c1-21(30)5-7-26(8-6-21)20(29)25-19-23-16-14(3-4-15(31-2)17(16)24-19)27-9-10-32-13(11-27)12-33-18(22)28/h3-4,13,30H,5-12H2,1-2H3,(H2,22,28)(H2,23,24,25,29). The van der Waals surface area contributed by atoms with Crippen molar-refractivity contribution >= 4 is 34.8 Å². The second-order valence-corrected chi connectivity index (χ2v) is 8.58. The van der Waals surface area contributed by atoms with Gasteiger partial charge in [-0.25, -0.2) is 14.6 Å². The van der Waals surface area contributed by atoms with Gasteiger partial charge in [0.2, 0.25) is 5.95 Å². The molecule has 33 heavy (non-hydrogen) atoms. The molecule has 1 aromatic carbocycles. The van der Waals surface area contributed by atoms with Gasteiger partial charge >= 0.3 is 12.1 Å². The number of nitrogens with zero attached hydrogens (tertiary/aromatic N) is 3. The minimum Gasteiger partial charge on any atom is -0.494 e. The summed E-state index contributed by atoms with van der Waals surface area (Å²) in [5.41, 5.74) is 6.46. The van der Waals surface area contributed by atoms with Crippen molar-refractivity contribution in [1.29, 1.82) is 0 Å². The van der Waals surface area contributed by atoms with Gasteiger partial charge in [-0.15, -0.1) is 0 Å². The molecule has 2 aliphatic heterocycles. The van der Waals surface area contributed by atoms with E-state index in [1.165, 1.54) is 0 Å². The van der Waals surface area contributed by atoms with Crippen molar-refractivity contribution in [1.82, 2.24) is 14.9 Å². The highest BCUT2D eigenvalue weighted by atomic mass is 16.6. The third-order valence-corrected chi connectivity index (χ3v) is 6.05. The Hall–Kier alpha value is -3.25. The number of nitrogens with one attached hydrogen (secondary N) is 2. The summed E-state index contributed by atoms with van der Waals surface area (Å²) >= 11 is 0. The second kappa shape index (κ2) is 9.32. The second-order valence-electron chi connectivity index (χ2n) is 8.58. The molecular weight excluding hydrogens is 432 g/mol. The van der Waals surface area contributed by atoms with E-state index in [0.717, 1.165) is 5.69 Å². The number of carbonyl (C=O) groups excluding carboxylic acids is 2. The van der Waals surface area contributed by atoms with Crippen LogP contribution in [0.5, 0.6) is 5.75 Å². The quantitative estimate of drug-likeness (QED) is 0.517. The summed E-state index contributed by atoms with van der Waals surface area (Å²) in [5.74, 6) is 0.901. The summed E-state index contributed by atoms with van der Waals surface area (Å²) in [4.78, 5) is 35.2. The first-order valence-electron chi connectivity index (χ1n) is 10.9. The number of rotatable bonds is 5. The van der Waals surface area contributed by atoms with Crippen LogP contribution in [0.1, 0.15) is 19.8 Å². The van der Waals surface area contributed by atoms with Crippen LogP contribution >= 0.6 is 0 Å². The van der Waals surface area contributed by atoms with Crippen molar-refractivity contribution in [2.75, 3.05) is 56.7 Å². The topological polar surface area (TPSA) is 155 Å². The van der Waals surface area contributed by atoms with E-state index in [1.54, 1.807) is 18.9 Å². The lowest BCUT2D eigenvalue weighted by molar-refractivity contribution is -0.00156. The third-order valence-electron chi connectivity index (χ3n) is 6.05. The minimum atomic E-state index is -0.840. The van der Waals surface area contributed by atoms with Gasteiger partial charge in [-0.1, -0.05) is 0 Å². The van der Waals surface area contributed by atoms with Crippen molar-refractivity contribution < 1.29 is 28.9 Å². The van der Waals surface area contributed by atoms with Crippen molar-refractivity contribution in [3.8, 4) is 5.75 Å². The smallest absolute Gasteiger partial charge is 0.404 e. The number of carbonyl (C=O) groups is 2. The number of benzene rings is 1. The Morgan fingerprint density at radius 1 is 1.36 bits per heavy atom. The summed E-state index contributed by atoms with van der Waals surface area (Å²) in [6.45, 7) is 4.34. The summed E-state index contributed by atoms with van der Waals surface area (Å²) in [6, 6.07) is 3.45. The number of amides is 3. The Balaban J connectivity index is 1.53. The van der Waals surface area contributed by atoms with E-state index in [4.69, 9.17) is 19.9 Å². The lowest BCUT2D eigenvalue weighted by atomic mass is 9.94. The van der Waals surface area contributed by atoms with Gasteiger partial charge in [0, 0.05) is 26.2 Å². The Morgan fingerprint density at radius 3 is 2.82 bits per heavy atom. The number of primary amides is 1. The van der Waals surface area contributed by atoms with Gasteiger partial charge < -0.3 is 39.8 Å². The summed E-state index contributed by atoms with van der Waals surface area (Å²) in [5, 5.41) is 12.9. The van der Waals surface area contributed by atoms with Gasteiger partial charge in [0.25, 0.3) is 0 Å². The van der Waals surface area contributed by atoms with E-state index in [9.17, 15) is 14.7 Å². The number of urea groups is 1. The number of ether oxygens (including phenoxy) is 3. The average Bonchev–Trinajstić information content (AvgIpc) is 3.20. The maximum Gasteiger partial charge on any atom is 0.404 e. The highest BCUT2D eigenvalue weighted by Crippen LogP contribution is 2.34. The molecule has 0 spiro atoms. The monoisotopic (exact) mass is 462 g/mol. The number of aromatic amines is 1. The maximum atomic E-state index is 12.7. The summed E-state index contributed by atoms with van der Waals surface area (Å²) < 4.78 is 16.0. The van der Waals surface area contributed by atoms with Crippen LogP contribution in [-0.4, -0.2) is 90.3 Å². The van der Waals surface area contributed by atoms with Crippen LogP contribution in [0.3, 0.4) is 0 Å². The molecule has 2 aliphatic rings. The van der Waals surface area contributed by atoms with Crippen LogP contribution in [-0.2, 0) is 9.47 Å². The Bertz CT molecular complexity index is 1010. The first kappa shape index (κ1) is 22.9. The van der Waals surface area contributed by atoms with Crippen LogP contribution in [0.2, 0.25) is 0 Å². The fraction of sp³-hybridized carbons (Fsp3) is 0.571. The zero-order valence-electron chi connectivity index (χ0n) is 18.8. The first-order valence-corrected chi connectivity index (χ1v) is 10.9. The van der Waals surface area contributed by atoms with Crippen LogP contribution in [0.15, 0.2) is 12.1 Å². The number of nitrogens with two attached hydrogens (primary N) is 1. The molecule has 12 heteroatoms. The SMILES string of the molecule is COc1ccc(N2CCOC(COC(N)=O)C2)c2nc(NC(=O)N3CCC(C)(O)CC3)[nH]c12. The molecule has 180 valence electrons. The molecular formula is C21H30N6O6. The molecule has 3 heterocycles. The summed E-state index contributed by atoms with van der Waals surface area (Å²) in [6.07, 6.45) is -0.114. The van der Waals surface area contributed by atoms with E-state index in [-0.39, 0.29) is 18.7 Å². The number of aliphatic hydroxyl groups is 1. The number of hydrogen-bond acceptors (Lipinski definition) is 8. The lowest BCUT2D eigenvalue weighted by Gasteiger charge is -2.35. The number of piperidine rings is 1.